The van der Waals surface area contributed by atoms with Crippen LogP contribution in [0.5, 0.6) is 0 Å². The first-order valence-corrected chi connectivity index (χ1v) is 12.4. The first kappa shape index (κ1) is 26.0. The second kappa shape index (κ2) is 8.97. The largest absolute Gasteiger partial charge is 0.453 e. The molecule has 0 fully saturated rings. The summed E-state index contributed by atoms with van der Waals surface area (Å²) in [6.07, 6.45) is -4.58. The number of nitrogens with zero attached hydrogens (tertiary/aromatic N) is 7. The summed E-state index contributed by atoms with van der Waals surface area (Å²) in [6, 6.07) is 9.07. The molecule has 1 aliphatic heterocycles. The molecule has 38 heavy (non-hydrogen) atoms. The van der Waals surface area contributed by atoms with E-state index in [1.807, 2.05) is 31.2 Å². The lowest BCUT2D eigenvalue weighted by molar-refractivity contribution is -0.145. The van der Waals surface area contributed by atoms with E-state index in [9.17, 15) is 18.0 Å². The molecule has 4 heterocycles. The molecule has 3 aromatic heterocycles. The Morgan fingerprint density at radius 3 is 2.50 bits per heavy atom. The Morgan fingerprint density at radius 2 is 1.82 bits per heavy atom. The standard InChI is InChI=1S/C26H31F3N8O/c1-15-21-32-23(26(27,28)29)33-37(21)11-10-35(15)13-16-6-7-18(30)17(12-16)19-8-9-20-22(31-19)34(5)24(38)36(20)14-25(2,3)4/h6-9,12,15H,10-11,13-14,30H2,1-5H3. The lowest BCUT2D eigenvalue weighted by atomic mass is 9.97. The Labute approximate surface area is 217 Å². The van der Waals surface area contributed by atoms with Gasteiger partial charge in [-0.3, -0.25) is 14.0 Å². The van der Waals surface area contributed by atoms with Crippen molar-refractivity contribution in [1.82, 2.24) is 33.8 Å². The normalized spacial score (nSPS) is 16.8. The van der Waals surface area contributed by atoms with Crippen molar-refractivity contribution in [3.63, 3.8) is 0 Å². The molecule has 12 heteroatoms. The minimum atomic E-state index is -4.58. The van der Waals surface area contributed by atoms with E-state index < -0.39 is 12.0 Å². The summed E-state index contributed by atoms with van der Waals surface area (Å²) < 4.78 is 44.0. The molecule has 0 spiro atoms. The third kappa shape index (κ3) is 4.68. The smallest absolute Gasteiger partial charge is 0.398 e. The fraction of sp³-hybridized carbons (Fsp3) is 0.462. The second-order valence-corrected chi connectivity index (χ2v) is 11.1. The maximum Gasteiger partial charge on any atom is 0.453 e. The van der Waals surface area contributed by atoms with Crippen LogP contribution in [-0.4, -0.2) is 40.3 Å². The maximum absolute atomic E-state index is 13.1. The summed E-state index contributed by atoms with van der Waals surface area (Å²) in [6.45, 7) is 9.97. The Hall–Kier alpha value is -3.67. The number of alkyl halides is 3. The van der Waals surface area contributed by atoms with Crippen LogP contribution in [0.4, 0.5) is 18.9 Å². The van der Waals surface area contributed by atoms with Crippen LogP contribution in [-0.2, 0) is 32.9 Å². The molecule has 0 saturated heterocycles. The predicted molar refractivity (Wildman–Crippen MR) is 138 cm³/mol. The van der Waals surface area contributed by atoms with Crippen LogP contribution in [0.25, 0.3) is 22.4 Å². The topological polar surface area (TPSA) is 99.8 Å². The number of halogens is 3. The number of nitrogen functional groups attached to an aromatic ring is 1. The minimum Gasteiger partial charge on any atom is -0.398 e. The van der Waals surface area contributed by atoms with Crippen molar-refractivity contribution in [3.8, 4) is 11.3 Å². The number of rotatable bonds is 4. The zero-order valence-electron chi connectivity index (χ0n) is 22.0. The third-order valence-corrected chi connectivity index (χ3v) is 6.87. The fourth-order valence-corrected chi connectivity index (χ4v) is 4.95. The molecule has 4 aromatic rings. The lowest BCUT2D eigenvalue weighted by Crippen LogP contribution is -2.37. The lowest BCUT2D eigenvalue weighted by Gasteiger charge is -2.33. The van der Waals surface area contributed by atoms with Gasteiger partial charge in [0.2, 0.25) is 0 Å². The Balaban J connectivity index is 1.45. The van der Waals surface area contributed by atoms with Crippen molar-refractivity contribution in [2.24, 2.45) is 12.5 Å². The molecule has 9 nitrogen and oxygen atoms in total. The predicted octanol–water partition coefficient (Wildman–Crippen LogP) is 4.22. The summed E-state index contributed by atoms with van der Waals surface area (Å²) in [4.78, 5) is 23.5. The number of benzene rings is 1. The molecular weight excluding hydrogens is 497 g/mol. The van der Waals surface area contributed by atoms with E-state index in [-0.39, 0.29) is 17.1 Å². The van der Waals surface area contributed by atoms with Gasteiger partial charge in [0, 0.05) is 37.9 Å². The Kier molecular flexibility index (Phi) is 6.13. The number of fused-ring (bicyclic) bond motifs is 2. The number of imidazole rings is 1. The number of anilines is 1. The highest BCUT2D eigenvalue weighted by molar-refractivity contribution is 5.80. The summed E-state index contributed by atoms with van der Waals surface area (Å²) in [5, 5.41) is 3.64. The number of pyridine rings is 1. The van der Waals surface area contributed by atoms with E-state index >= 15 is 0 Å². The van der Waals surface area contributed by atoms with E-state index in [0.717, 1.165) is 16.6 Å². The molecule has 1 aromatic carbocycles. The van der Waals surface area contributed by atoms with Crippen LogP contribution in [0.2, 0.25) is 0 Å². The van der Waals surface area contributed by atoms with Crippen LogP contribution in [0.3, 0.4) is 0 Å². The minimum absolute atomic E-state index is 0.0807. The van der Waals surface area contributed by atoms with Crippen LogP contribution in [0, 0.1) is 5.41 Å². The molecule has 1 aliphatic rings. The van der Waals surface area contributed by atoms with Crippen LogP contribution in [0.15, 0.2) is 35.1 Å². The highest BCUT2D eigenvalue weighted by atomic mass is 19.4. The highest BCUT2D eigenvalue weighted by Gasteiger charge is 2.39. The molecule has 0 amide bonds. The molecule has 1 unspecified atom stereocenters. The maximum atomic E-state index is 13.1. The quantitative estimate of drug-likeness (QED) is 0.398. The average molecular weight is 529 g/mol. The van der Waals surface area contributed by atoms with E-state index in [1.54, 1.807) is 22.2 Å². The zero-order chi connectivity index (χ0) is 27.6. The van der Waals surface area contributed by atoms with Gasteiger partial charge in [0.15, 0.2) is 5.65 Å². The summed E-state index contributed by atoms with van der Waals surface area (Å²) in [5.74, 6) is -0.810. The van der Waals surface area contributed by atoms with E-state index in [2.05, 4.69) is 35.8 Å². The van der Waals surface area contributed by atoms with Gasteiger partial charge in [-0.1, -0.05) is 26.8 Å². The number of nitrogens with two attached hydrogens (primary N) is 1. The van der Waals surface area contributed by atoms with Gasteiger partial charge in [-0.25, -0.2) is 19.4 Å². The highest BCUT2D eigenvalue weighted by Crippen LogP contribution is 2.33. The second-order valence-electron chi connectivity index (χ2n) is 11.1. The molecule has 2 N–H and O–H groups in total. The molecule has 5 rings (SSSR count). The van der Waals surface area contributed by atoms with Crippen LogP contribution >= 0.6 is 0 Å². The van der Waals surface area contributed by atoms with E-state index in [0.29, 0.717) is 49.0 Å². The summed E-state index contributed by atoms with van der Waals surface area (Å²) >= 11 is 0. The average Bonchev–Trinajstić information content (AvgIpc) is 3.38. The fourth-order valence-electron chi connectivity index (χ4n) is 4.95. The van der Waals surface area contributed by atoms with Gasteiger partial charge >= 0.3 is 11.9 Å². The van der Waals surface area contributed by atoms with E-state index in [1.165, 1.54) is 4.68 Å². The molecule has 0 radical (unpaired) electrons. The first-order valence-electron chi connectivity index (χ1n) is 12.4. The first-order chi connectivity index (χ1) is 17.7. The van der Waals surface area contributed by atoms with Gasteiger partial charge in [0.1, 0.15) is 5.82 Å². The van der Waals surface area contributed by atoms with Gasteiger partial charge in [-0.15, -0.1) is 5.10 Å². The molecule has 1 atom stereocenters. The zero-order valence-corrected chi connectivity index (χ0v) is 22.0. The molecule has 0 bridgehead atoms. The summed E-state index contributed by atoms with van der Waals surface area (Å²) in [5.41, 5.74) is 10.3. The SMILES string of the molecule is CC1c2nc(C(F)(F)F)nn2CCN1Cc1ccc(N)c(-c2ccc3c(n2)n(C)c(=O)n3CC(C)(C)C)c1. The number of hydrogen-bond acceptors (Lipinski definition) is 6. The van der Waals surface area contributed by atoms with Crippen molar-refractivity contribution in [1.29, 1.82) is 0 Å². The van der Waals surface area contributed by atoms with Crippen molar-refractivity contribution in [2.75, 3.05) is 12.3 Å². The summed E-state index contributed by atoms with van der Waals surface area (Å²) in [7, 11) is 1.71. The van der Waals surface area contributed by atoms with Gasteiger partial charge in [0.05, 0.1) is 23.8 Å². The number of aryl methyl sites for hydroxylation is 1. The molecular formula is C26H31F3N8O. The van der Waals surface area contributed by atoms with Crippen LogP contribution < -0.4 is 11.4 Å². The van der Waals surface area contributed by atoms with Gasteiger partial charge < -0.3 is 5.73 Å². The van der Waals surface area contributed by atoms with Gasteiger partial charge in [-0.2, -0.15) is 13.2 Å². The Morgan fingerprint density at radius 1 is 1.08 bits per heavy atom. The van der Waals surface area contributed by atoms with Crippen molar-refractivity contribution in [3.05, 3.63) is 58.0 Å². The monoisotopic (exact) mass is 528 g/mol. The number of hydrogen-bond donors (Lipinski definition) is 1. The van der Waals surface area contributed by atoms with E-state index in [4.69, 9.17) is 10.7 Å². The molecule has 0 aliphatic carbocycles. The number of aromatic nitrogens is 6. The third-order valence-electron chi connectivity index (χ3n) is 6.87. The van der Waals surface area contributed by atoms with Crippen molar-refractivity contribution >= 4 is 16.9 Å². The van der Waals surface area contributed by atoms with Crippen molar-refractivity contribution < 1.29 is 13.2 Å². The van der Waals surface area contributed by atoms with Gasteiger partial charge in [0.25, 0.3) is 5.82 Å². The van der Waals surface area contributed by atoms with Gasteiger partial charge in [-0.05, 0) is 42.2 Å². The molecule has 202 valence electrons. The molecule has 0 saturated carbocycles. The van der Waals surface area contributed by atoms with Crippen molar-refractivity contribution in [2.45, 2.75) is 59.5 Å². The Bertz CT molecular complexity index is 1570. The van der Waals surface area contributed by atoms with Crippen LogP contribution in [0.1, 0.15) is 50.9 Å².